The monoisotopic (exact) mass is 216 g/mol. The van der Waals surface area contributed by atoms with Crippen LogP contribution in [0.3, 0.4) is 0 Å². The third-order valence-corrected chi connectivity index (χ3v) is 2.34. The molecule has 0 radical (unpaired) electrons. The molecule has 0 bridgehead atoms. The van der Waals surface area contributed by atoms with Crippen LogP contribution in [0.5, 0.6) is 0 Å². The molecule has 2 aromatic rings. The van der Waals surface area contributed by atoms with E-state index in [1.54, 1.807) is 12.5 Å². The Hall–Kier alpha value is -1.68. The lowest BCUT2D eigenvalue weighted by atomic mass is 10.2. The van der Waals surface area contributed by atoms with Crippen molar-refractivity contribution in [2.45, 2.75) is 19.9 Å². The molecule has 0 atom stereocenters. The van der Waals surface area contributed by atoms with Gasteiger partial charge in [0.2, 0.25) is 0 Å². The summed E-state index contributed by atoms with van der Waals surface area (Å²) in [6, 6.07) is 2.12. The minimum absolute atomic E-state index is 0.864. The normalized spacial score (nSPS) is 10.6. The number of aromatic nitrogens is 3. The number of nitrogens with one attached hydrogen (secondary N) is 1. The van der Waals surface area contributed by atoms with E-state index < -0.39 is 0 Å². The van der Waals surface area contributed by atoms with Gasteiger partial charge in [-0.25, -0.2) is 4.98 Å². The zero-order chi connectivity index (χ0) is 11.2. The summed E-state index contributed by atoms with van der Waals surface area (Å²) in [5, 5.41) is 3.36. The summed E-state index contributed by atoms with van der Waals surface area (Å²) in [7, 11) is 0. The van der Waals surface area contributed by atoms with Gasteiger partial charge >= 0.3 is 0 Å². The Morgan fingerprint density at radius 3 is 3.00 bits per heavy atom. The first kappa shape index (κ1) is 10.8. The van der Waals surface area contributed by atoms with Crippen LogP contribution in [0.1, 0.15) is 18.9 Å². The predicted molar refractivity (Wildman–Crippen MR) is 63.4 cm³/mol. The van der Waals surface area contributed by atoms with Crippen LogP contribution in [0, 0.1) is 0 Å². The fraction of sp³-hybridized carbons (Fsp3) is 0.333. The highest BCUT2D eigenvalue weighted by atomic mass is 15.0. The molecule has 1 N–H and O–H groups in total. The number of pyridine rings is 1. The van der Waals surface area contributed by atoms with E-state index in [-0.39, 0.29) is 0 Å². The molecule has 84 valence electrons. The first-order chi connectivity index (χ1) is 7.90. The van der Waals surface area contributed by atoms with Gasteiger partial charge in [0.05, 0.1) is 18.2 Å². The summed E-state index contributed by atoms with van der Waals surface area (Å²) >= 11 is 0. The van der Waals surface area contributed by atoms with E-state index in [1.165, 1.54) is 5.56 Å². The molecule has 0 aliphatic rings. The van der Waals surface area contributed by atoms with Crippen molar-refractivity contribution in [1.82, 2.24) is 19.9 Å². The highest BCUT2D eigenvalue weighted by molar-refractivity contribution is 5.31. The molecule has 4 nitrogen and oxygen atoms in total. The van der Waals surface area contributed by atoms with E-state index >= 15 is 0 Å². The SMILES string of the molecule is CCCNCc1cncc(-n2ccnc2)c1. The van der Waals surface area contributed by atoms with Gasteiger partial charge in [-0.2, -0.15) is 0 Å². The maximum absolute atomic E-state index is 4.23. The van der Waals surface area contributed by atoms with E-state index in [1.807, 2.05) is 23.2 Å². The lowest BCUT2D eigenvalue weighted by molar-refractivity contribution is 0.673. The standard InChI is InChI=1S/C12H16N4/c1-2-3-13-7-11-6-12(9-15-8-11)16-5-4-14-10-16/h4-6,8-10,13H,2-3,7H2,1H3. The van der Waals surface area contributed by atoms with Gasteiger partial charge < -0.3 is 9.88 Å². The van der Waals surface area contributed by atoms with Crippen LogP contribution in [0.2, 0.25) is 0 Å². The van der Waals surface area contributed by atoms with E-state index in [0.29, 0.717) is 0 Å². The molecule has 0 amide bonds. The number of hydrogen-bond acceptors (Lipinski definition) is 3. The Morgan fingerprint density at radius 2 is 2.25 bits per heavy atom. The van der Waals surface area contributed by atoms with Gasteiger partial charge in [0.25, 0.3) is 0 Å². The van der Waals surface area contributed by atoms with Crippen LogP contribution in [-0.2, 0) is 6.54 Å². The second kappa shape index (κ2) is 5.42. The molecule has 4 heteroatoms. The number of rotatable bonds is 5. The smallest absolute Gasteiger partial charge is 0.0992 e. The molecule has 2 heterocycles. The van der Waals surface area contributed by atoms with E-state index in [9.17, 15) is 0 Å². The lowest BCUT2D eigenvalue weighted by Gasteiger charge is -2.06. The molecular formula is C12H16N4. The van der Waals surface area contributed by atoms with Crippen molar-refractivity contribution < 1.29 is 0 Å². The molecular weight excluding hydrogens is 200 g/mol. The maximum Gasteiger partial charge on any atom is 0.0992 e. The number of imidazole rings is 1. The van der Waals surface area contributed by atoms with Crippen LogP contribution in [0.4, 0.5) is 0 Å². The third-order valence-electron chi connectivity index (χ3n) is 2.34. The third kappa shape index (κ3) is 2.67. The molecule has 0 saturated carbocycles. The van der Waals surface area contributed by atoms with Gasteiger partial charge in [-0.05, 0) is 24.6 Å². The molecule has 0 fully saturated rings. The minimum atomic E-state index is 0.864. The largest absolute Gasteiger partial charge is 0.313 e. The molecule has 0 unspecified atom stereocenters. The van der Waals surface area contributed by atoms with Gasteiger partial charge in [0.1, 0.15) is 0 Å². The molecule has 2 aromatic heterocycles. The Labute approximate surface area is 95.4 Å². The topological polar surface area (TPSA) is 42.7 Å². The molecule has 16 heavy (non-hydrogen) atoms. The summed E-state index contributed by atoms with van der Waals surface area (Å²) in [4.78, 5) is 8.25. The van der Waals surface area contributed by atoms with Crippen molar-refractivity contribution in [1.29, 1.82) is 0 Å². The van der Waals surface area contributed by atoms with Crippen LogP contribution >= 0.6 is 0 Å². The van der Waals surface area contributed by atoms with Crippen molar-refractivity contribution in [3.8, 4) is 5.69 Å². The van der Waals surface area contributed by atoms with Crippen LogP contribution < -0.4 is 5.32 Å². The number of hydrogen-bond donors (Lipinski definition) is 1. The fourth-order valence-corrected chi connectivity index (χ4v) is 1.53. The molecule has 2 rings (SSSR count). The average molecular weight is 216 g/mol. The maximum atomic E-state index is 4.23. The summed E-state index contributed by atoms with van der Waals surface area (Å²) in [6.07, 6.45) is 10.3. The Balaban J connectivity index is 2.08. The first-order valence-corrected chi connectivity index (χ1v) is 5.53. The second-order valence-corrected chi connectivity index (χ2v) is 3.70. The van der Waals surface area contributed by atoms with Gasteiger partial charge in [0, 0.05) is 25.1 Å². The summed E-state index contributed by atoms with van der Waals surface area (Å²) in [5.74, 6) is 0. The predicted octanol–water partition coefficient (Wildman–Crippen LogP) is 1.77. The second-order valence-electron chi connectivity index (χ2n) is 3.70. The van der Waals surface area contributed by atoms with Gasteiger partial charge in [0.15, 0.2) is 0 Å². The van der Waals surface area contributed by atoms with Crippen molar-refractivity contribution in [3.05, 3.63) is 42.7 Å². The van der Waals surface area contributed by atoms with Gasteiger partial charge in [-0.3, -0.25) is 4.98 Å². The average Bonchev–Trinajstić information content (AvgIpc) is 2.83. The first-order valence-electron chi connectivity index (χ1n) is 5.53. The summed E-state index contributed by atoms with van der Waals surface area (Å²) < 4.78 is 1.95. The molecule has 0 aliphatic heterocycles. The quantitative estimate of drug-likeness (QED) is 0.774. The molecule has 0 aromatic carbocycles. The van der Waals surface area contributed by atoms with Crippen molar-refractivity contribution in [2.24, 2.45) is 0 Å². The highest BCUT2D eigenvalue weighted by Gasteiger charge is 1.98. The number of nitrogens with zero attached hydrogens (tertiary/aromatic N) is 3. The minimum Gasteiger partial charge on any atom is -0.313 e. The van der Waals surface area contributed by atoms with Gasteiger partial charge in [-0.1, -0.05) is 6.92 Å². The highest BCUT2D eigenvalue weighted by Crippen LogP contribution is 2.07. The van der Waals surface area contributed by atoms with E-state index in [2.05, 4.69) is 28.3 Å². The molecule has 0 saturated heterocycles. The fourth-order valence-electron chi connectivity index (χ4n) is 1.53. The van der Waals surface area contributed by atoms with Crippen molar-refractivity contribution in [3.63, 3.8) is 0 Å². The lowest BCUT2D eigenvalue weighted by Crippen LogP contribution is -2.14. The van der Waals surface area contributed by atoms with Crippen molar-refractivity contribution in [2.75, 3.05) is 6.54 Å². The van der Waals surface area contributed by atoms with Gasteiger partial charge in [-0.15, -0.1) is 0 Å². The molecule has 0 aliphatic carbocycles. The summed E-state index contributed by atoms with van der Waals surface area (Å²) in [5.41, 5.74) is 2.24. The Kier molecular flexibility index (Phi) is 3.66. The van der Waals surface area contributed by atoms with Crippen LogP contribution in [0.15, 0.2) is 37.2 Å². The zero-order valence-electron chi connectivity index (χ0n) is 9.43. The Bertz CT molecular complexity index is 422. The zero-order valence-corrected chi connectivity index (χ0v) is 9.43. The Morgan fingerprint density at radius 1 is 1.31 bits per heavy atom. The van der Waals surface area contributed by atoms with Crippen molar-refractivity contribution >= 4 is 0 Å². The van der Waals surface area contributed by atoms with Crippen LogP contribution in [0.25, 0.3) is 5.69 Å². The molecule has 0 spiro atoms. The van der Waals surface area contributed by atoms with E-state index in [4.69, 9.17) is 0 Å². The van der Waals surface area contributed by atoms with Crippen LogP contribution in [-0.4, -0.2) is 21.1 Å². The summed E-state index contributed by atoms with van der Waals surface area (Å²) in [6.45, 7) is 4.06. The van der Waals surface area contributed by atoms with E-state index in [0.717, 1.165) is 25.2 Å².